The fraction of sp³-hybridized carbons (Fsp3) is 0.200. The highest BCUT2D eigenvalue weighted by Crippen LogP contribution is 2.29. The molecule has 2 heterocycles. The van der Waals surface area contributed by atoms with Gasteiger partial charge in [-0.15, -0.1) is 0 Å². The Bertz CT molecular complexity index is 889. The summed E-state index contributed by atoms with van der Waals surface area (Å²) in [7, 11) is 0. The fourth-order valence-electron chi connectivity index (χ4n) is 3.18. The van der Waals surface area contributed by atoms with Gasteiger partial charge in [-0.2, -0.15) is 0 Å². The molecule has 25 heavy (non-hydrogen) atoms. The number of carbonyl (C=O) groups excluding carboxylic acids is 1. The van der Waals surface area contributed by atoms with Crippen molar-refractivity contribution in [3.8, 4) is 0 Å². The molecule has 3 N–H and O–H groups in total. The normalized spacial score (nSPS) is 16.7. The molecule has 5 nitrogen and oxygen atoms in total. The fourth-order valence-corrected chi connectivity index (χ4v) is 3.18. The van der Waals surface area contributed by atoms with Gasteiger partial charge in [-0.05, 0) is 49.4 Å². The summed E-state index contributed by atoms with van der Waals surface area (Å²) < 4.78 is 0. The summed E-state index contributed by atoms with van der Waals surface area (Å²) in [6, 6.07) is 17.5. The molecule has 0 unspecified atom stereocenters. The summed E-state index contributed by atoms with van der Waals surface area (Å²) in [5.74, 6) is -0.131. The van der Waals surface area contributed by atoms with Gasteiger partial charge in [0.05, 0.1) is 11.2 Å². The molecule has 1 atom stereocenters. The number of anilines is 2. The lowest BCUT2D eigenvalue weighted by molar-refractivity contribution is 0.102. The lowest BCUT2D eigenvalue weighted by Crippen LogP contribution is -2.22. The highest BCUT2D eigenvalue weighted by molar-refractivity contribution is 6.10. The van der Waals surface area contributed by atoms with Crippen molar-refractivity contribution < 1.29 is 4.79 Å². The van der Waals surface area contributed by atoms with Crippen LogP contribution in [0.15, 0.2) is 60.8 Å². The van der Waals surface area contributed by atoms with Crippen molar-refractivity contribution in [2.24, 2.45) is 0 Å². The Hall–Kier alpha value is -2.92. The third-order valence-electron chi connectivity index (χ3n) is 4.47. The molecule has 126 valence electrons. The second-order valence-corrected chi connectivity index (χ2v) is 6.21. The molecule has 0 spiro atoms. The van der Waals surface area contributed by atoms with Crippen molar-refractivity contribution in [2.45, 2.75) is 12.5 Å². The van der Waals surface area contributed by atoms with Gasteiger partial charge < -0.3 is 16.0 Å². The van der Waals surface area contributed by atoms with E-state index < -0.39 is 0 Å². The maximum absolute atomic E-state index is 12.5. The van der Waals surface area contributed by atoms with Gasteiger partial charge >= 0.3 is 0 Å². The number of nitrogens with one attached hydrogen (secondary N) is 3. The lowest BCUT2D eigenvalue weighted by atomic mass is 10.1. The topological polar surface area (TPSA) is 66.1 Å². The maximum Gasteiger partial charge on any atom is 0.255 e. The van der Waals surface area contributed by atoms with Crippen LogP contribution < -0.4 is 16.0 Å². The predicted octanol–water partition coefficient (Wildman–Crippen LogP) is 3.26. The zero-order chi connectivity index (χ0) is 17.1. The van der Waals surface area contributed by atoms with E-state index in [0.717, 1.165) is 41.8 Å². The van der Waals surface area contributed by atoms with E-state index in [2.05, 4.69) is 20.9 Å². The minimum Gasteiger partial charge on any atom is -0.380 e. The Balaban J connectivity index is 1.65. The van der Waals surface area contributed by atoms with Gasteiger partial charge in [0.25, 0.3) is 5.91 Å². The molecule has 0 bridgehead atoms. The van der Waals surface area contributed by atoms with Crippen LogP contribution >= 0.6 is 0 Å². The number of hydrogen-bond acceptors (Lipinski definition) is 4. The van der Waals surface area contributed by atoms with E-state index in [9.17, 15) is 4.79 Å². The van der Waals surface area contributed by atoms with Crippen molar-refractivity contribution in [3.63, 3.8) is 0 Å². The summed E-state index contributed by atoms with van der Waals surface area (Å²) in [5.41, 5.74) is 3.20. The van der Waals surface area contributed by atoms with Crippen molar-refractivity contribution in [3.05, 3.63) is 66.4 Å². The van der Waals surface area contributed by atoms with Crippen LogP contribution in [0.1, 0.15) is 16.8 Å². The maximum atomic E-state index is 12.5. The van der Waals surface area contributed by atoms with Crippen LogP contribution in [0, 0.1) is 0 Å². The smallest absolute Gasteiger partial charge is 0.255 e. The molecule has 1 aliphatic heterocycles. The first kappa shape index (κ1) is 15.6. The molecule has 1 saturated heterocycles. The molecule has 0 aliphatic carbocycles. The van der Waals surface area contributed by atoms with Crippen LogP contribution in [0.25, 0.3) is 10.9 Å². The van der Waals surface area contributed by atoms with Gasteiger partial charge in [0, 0.05) is 35.4 Å². The Morgan fingerprint density at radius 3 is 2.68 bits per heavy atom. The Morgan fingerprint density at radius 1 is 1.04 bits per heavy atom. The zero-order valence-corrected chi connectivity index (χ0v) is 13.8. The minimum atomic E-state index is -0.131. The molecule has 4 rings (SSSR count). The first-order chi connectivity index (χ1) is 12.3. The van der Waals surface area contributed by atoms with E-state index in [4.69, 9.17) is 0 Å². The monoisotopic (exact) mass is 332 g/mol. The van der Waals surface area contributed by atoms with Gasteiger partial charge in [-0.1, -0.05) is 18.2 Å². The van der Waals surface area contributed by atoms with Crippen molar-refractivity contribution in [1.29, 1.82) is 0 Å². The SMILES string of the molecule is O=C(Nc1ccc(N[C@H]2CCNC2)c2cccnc12)c1ccccc1. The average Bonchev–Trinajstić information content (AvgIpc) is 3.17. The van der Waals surface area contributed by atoms with E-state index >= 15 is 0 Å². The number of fused-ring (bicyclic) bond motifs is 1. The van der Waals surface area contributed by atoms with Crippen LogP contribution in [0.4, 0.5) is 11.4 Å². The highest BCUT2D eigenvalue weighted by atomic mass is 16.1. The summed E-state index contributed by atoms with van der Waals surface area (Å²) in [6.07, 6.45) is 2.86. The van der Waals surface area contributed by atoms with Crippen LogP contribution in [-0.4, -0.2) is 30.0 Å². The molecular formula is C20H20N4O. The molecule has 1 aromatic heterocycles. The molecule has 1 fully saturated rings. The Labute approximate surface area is 146 Å². The number of hydrogen-bond donors (Lipinski definition) is 3. The number of amides is 1. The predicted molar refractivity (Wildman–Crippen MR) is 101 cm³/mol. The molecule has 0 radical (unpaired) electrons. The molecular weight excluding hydrogens is 312 g/mol. The third kappa shape index (κ3) is 3.32. The summed E-state index contributed by atoms with van der Waals surface area (Å²) in [4.78, 5) is 17.0. The standard InChI is InChI=1S/C20H20N4O/c25-20(14-5-2-1-3-6-14)24-18-9-8-17(23-15-10-12-21-13-15)16-7-4-11-22-19(16)18/h1-9,11,15,21,23H,10,12-13H2,(H,24,25)/t15-/m0/s1. The molecule has 1 aliphatic rings. The van der Waals surface area contributed by atoms with Crippen LogP contribution in [-0.2, 0) is 0 Å². The largest absolute Gasteiger partial charge is 0.380 e. The van der Waals surface area contributed by atoms with Crippen molar-refractivity contribution >= 4 is 28.2 Å². The van der Waals surface area contributed by atoms with E-state index in [1.165, 1.54) is 0 Å². The third-order valence-corrected chi connectivity index (χ3v) is 4.47. The lowest BCUT2D eigenvalue weighted by Gasteiger charge is -2.16. The number of benzene rings is 2. The molecule has 2 aromatic carbocycles. The quantitative estimate of drug-likeness (QED) is 0.686. The summed E-state index contributed by atoms with van der Waals surface area (Å²) in [5, 5.41) is 10.9. The minimum absolute atomic E-state index is 0.131. The van der Waals surface area contributed by atoms with Gasteiger partial charge in [-0.3, -0.25) is 9.78 Å². The molecule has 1 amide bonds. The summed E-state index contributed by atoms with van der Waals surface area (Å²) >= 11 is 0. The molecule has 5 heteroatoms. The van der Waals surface area contributed by atoms with E-state index in [-0.39, 0.29) is 5.91 Å². The summed E-state index contributed by atoms with van der Waals surface area (Å²) in [6.45, 7) is 2.01. The Morgan fingerprint density at radius 2 is 1.88 bits per heavy atom. The molecule has 0 saturated carbocycles. The van der Waals surface area contributed by atoms with Crippen LogP contribution in [0.2, 0.25) is 0 Å². The molecule has 3 aromatic rings. The van der Waals surface area contributed by atoms with Gasteiger partial charge in [0.2, 0.25) is 0 Å². The number of pyridine rings is 1. The highest BCUT2D eigenvalue weighted by Gasteiger charge is 2.16. The van der Waals surface area contributed by atoms with Gasteiger partial charge in [0.15, 0.2) is 0 Å². The second-order valence-electron chi connectivity index (χ2n) is 6.21. The van der Waals surface area contributed by atoms with Gasteiger partial charge in [-0.25, -0.2) is 0 Å². The van der Waals surface area contributed by atoms with E-state index in [0.29, 0.717) is 11.6 Å². The zero-order valence-electron chi connectivity index (χ0n) is 13.8. The number of carbonyl (C=O) groups is 1. The first-order valence-corrected chi connectivity index (χ1v) is 8.52. The number of rotatable bonds is 4. The average molecular weight is 332 g/mol. The van der Waals surface area contributed by atoms with E-state index in [1.54, 1.807) is 18.3 Å². The first-order valence-electron chi connectivity index (χ1n) is 8.52. The number of nitrogens with zero attached hydrogens (tertiary/aromatic N) is 1. The van der Waals surface area contributed by atoms with Crippen molar-refractivity contribution in [1.82, 2.24) is 10.3 Å². The van der Waals surface area contributed by atoms with Gasteiger partial charge in [0.1, 0.15) is 0 Å². The number of aromatic nitrogens is 1. The van der Waals surface area contributed by atoms with Crippen LogP contribution in [0.3, 0.4) is 0 Å². The van der Waals surface area contributed by atoms with Crippen molar-refractivity contribution in [2.75, 3.05) is 23.7 Å². The van der Waals surface area contributed by atoms with Crippen LogP contribution in [0.5, 0.6) is 0 Å². The van der Waals surface area contributed by atoms with E-state index in [1.807, 2.05) is 42.5 Å². The Kier molecular flexibility index (Phi) is 4.31. The second kappa shape index (κ2) is 6.91.